The number of thioether (sulfide) groups is 1. The molecular weight excluding hydrogens is 254 g/mol. The minimum Gasteiger partial charge on any atom is -0.477 e. The van der Waals surface area contributed by atoms with Crippen LogP contribution >= 0.6 is 11.8 Å². The number of anilines is 1. The Morgan fingerprint density at radius 3 is 2.94 bits per heavy atom. The molecule has 0 saturated heterocycles. The van der Waals surface area contributed by atoms with Crippen molar-refractivity contribution in [2.24, 2.45) is 0 Å². The summed E-state index contributed by atoms with van der Waals surface area (Å²) in [6, 6.07) is 3.33. The second-order valence-corrected chi connectivity index (χ2v) is 4.55. The molecule has 0 amide bonds. The summed E-state index contributed by atoms with van der Waals surface area (Å²) in [4.78, 5) is 11.2. The molecule has 94 valence electrons. The van der Waals surface area contributed by atoms with Crippen molar-refractivity contribution >= 4 is 23.5 Å². The van der Waals surface area contributed by atoms with E-state index in [1.165, 1.54) is 22.6 Å². The molecule has 0 spiro atoms. The number of rotatable bonds is 4. The Morgan fingerprint density at radius 2 is 2.39 bits per heavy atom. The van der Waals surface area contributed by atoms with Crippen molar-refractivity contribution in [2.75, 3.05) is 11.5 Å². The number of nitrogens with zero attached hydrogens (tertiary/aromatic N) is 4. The molecule has 0 aliphatic heterocycles. The Morgan fingerprint density at radius 1 is 1.61 bits per heavy atom. The molecule has 0 fully saturated rings. The Balaban J connectivity index is 2.57. The van der Waals surface area contributed by atoms with E-state index in [2.05, 4.69) is 15.3 Å². The van der Waals surface area contributed by atoms with Crippen molar-refractivity contribution in [3.8, 4) is 5.82 Å². The molecule has 0 bridgehead atoms. The molecule has 2 aromatic rings. The van der Waals surface area contributed by atoms with Crippen LogP contribution in [0, 0.1) is 0 Å². The highest BCUT2D eigenvalue weighted by atomic mass is 32.2. The lowest BCUT2D eigenvalue weighted by molar-refractivity contribution is 0.0694. The quantitative estimate of drug-likeness (QED) is 0.796. The normalized spacial score (nSPS) is 10.5. The van der Waals surface area contributed by atoms with E-state index in [4.69, 9.17) is 10.8 Å². The van der Waals surface area contributed by atoms with Gasteiger partial charge in [0.15, 0.2) is 5.82 Å². The molecular formula is C10H11N5O2S. The Hall–Kier alpha value is -2.09. The molecule has 2 aromatic heterocycles. The SMILES string of the molecule is CCSc1nn(-c2cccnn2)c(N)c1C(=O)O. The van der Waals surface area contributed by atoms with Gasteiger partial charge in [-0.1, -0.05) is 6.92 Å². The average Bonchev–Trinajstić information content (AvgIpc) is 2.68. The Labute approximate surface area is 107 Å². The molecule has 7 nitrogen and oxygen atoms in total. The summed E-state index contributed by atoms with van der Waals surface area (Å²) in [6.45, 7) is 1.91. The van der Waals surface area contributed by atoms with Crippen LogP contribution in [-0.2, 0) is 0 Å². The molecule has 0 aliphatic rings. The number of carbonyl (C=O) groups is 1. The zero-order chi connectivity index (χ0) is 13.1. The van der Waals surface area contributed by atoms with Crippen LogP contribution in [0.2, 0.25) is 0 Å². The highest BCUT2D eigenvalue weighted by Gasteiger charge is 2.22. The minimum absolute atomic E-state index is 0.00695. The van der Waals surface area contributed by atoms with Crippen molar-refractivity contribution in [1.82, 2.24) is 20.0 Å². The van der Waals surface area contributed by atoms with Gasteiger partial charge in [0.25, 0.3) is 0 Å². The predicted molar refractivity (Wildman–Crippen MR) is 66.9 cm³/mol. The van der Waals surface area contributed by atoms with Gasteiger partial charge in [-0.3, -0.25) is 0 Å². The summed E-state index contributed by atoms with van der Waals surface area (Å²) < 4.78 is 1.29. The smallest absolute Gasteiger partial charge is 0.342 e. The van der Waals surface area contributed by atoms with E-state index in [0.717, 1.165) is 0 Å². The summed E-state index contributed by atoms with van der Waals surface area (Å²) in [5.74, 6) is 0.0509. The van der Waals surface area contributed by atoms with Gasteiger partial charge in [-0.2, -0.15) is 14.9 Å². The van der Waals surface area contributed by atoms with Gasteiger partial charge in [0, 0.05) is 6.20 Å². The van der Waals surface area contributed by atoms with Crippen molar-refractivity contribution in [3.63, 3.8) is 0 Å². The maximum Gasteiger partial charge on any atom is 0.342 e. The zero-order valence-electron chi connectivity index (χ0n) is 9.57. The van der Waals surface area contributed by atoms with Crippen molar-refractivity contribution in [2.45, 2.75) is 11.9 Å². The number of carboxylic acid groups (broad SMARTS) is 1. The number of hydrogen-bond donors (Lipinski definition) is 2. The molecule has 2 rings (SSSR count). The van der Waals surface area contributed by atoms with E-state index in [1.807, 2.05) is 6.92 Å². The molecule has 0 aromatic carbocycles. The average molecular weight is 265 g/mol. The van der Waals surface area contributed by atoms with Gasteiger partial charge >= 0.3 is 5.97 Å². The standard InChI is InChI=1S/C10H11N5O2S/c1-2-18-9-7(10(16)17)8(11)15(14-9)6-4-3-5-12-13-6/h3-5H,2,11H2,1H3,(H,16,17). The number of aromatic carboxylic acids is 1. The first kappa shape index (κ1) is 12.4. The van der Waals surface area contributed by atoms with Crippen LogP contribution in [0.15, 0.2) is 23.4 Å². The van der Waals surface area contributed by atoms with Crippen LogP contribution in [0.5, 0.6) is 0 Å². The van der Waals surface area contributed by atoms with Crippen LogP contribution in [-0.4, -0.2) is 36.8 Å². The zero-order valence-corrected chi connectivity index (χ0v) is 10.4. The van der Waals surface area contributed by atoms with Gasteiger partial charge in [-0.15, -0.1) is 16.9 Å². The summed E-state index contributed by atoms with van der Waals surface area (Å²) in [7, 11) is 0. The molecule has 3 N–H and O–H groups in total. The lowest BCUT2D eigenvalue weighted by atomic mass is 10.3. The Kier molecular flexibility index (Phi) is 3.47. The number of hydrogen-bond acceptors (Lipinski definition) is 6. The fourth-order valence-electron chi connectivity index (χ4n) is 1.43. The first-order valence-electron chi connectivity index (χ1n) is 5.17. The topological polar surface area (TPSA) is 107 Å². The third kappa shape index (κ3) is 2.14. The van der Waals surface area contributed by atoms with E-state index in [9.17, 15) is 4.79 Å². The molecule has 0 saturated carbocycles. The second kappa shape index (κ2) is 5.05. The Bertz CT molecular complexity index is 569. The van der Waals surface area contributed by atoms with E-state index >= 15 is 0 Å². The third-order valence-corrected chi connectivity index (χ3v) is 3.01. The van der Waals surface area contributed by atoms with Gasteiger partial charge in [0.05, 0.1) is 0 Å². The molecule has 0 unspecified atom stereocenters. The van der Waals surface area contributed by atoms with Gasteiger partial charge in [0.1, 0.15) is 16.4 Å². The maximum atomic E-state index is 11.2. The summed E-state index contributed by atoms with van der Waals surface area (Å²) >= 11 is 1.32. The highest BCUT2D eigenvalue weighted by molar-refractivity contribution is 7.99. The van der Waals surface area contributed by atoms with E-state index < -0.39 is 5.97 Å². The van der Waals surface area contributed by atoms with Gasteiger partial charge in [0.2, 0.25) is 0 Å². The van der Waals surface area contributed by atoms with Crippen LogP contribution in [0.25, 0.3) is 5.82 Å². The number of nitrogens with two attached hydrogens (primary N) is 1. The molecule has 18 heavy (non-hydrogen) atoms. The van der Waals surface area contributed by atoms with E-state index in [-0.39, 0.29) is 11.4 Å². The minimum atomic E-state index is -1.10. The monoisotopic (exact) mass is 265 g/mol. The predicted octanol–water partition coefficient (Wildman–Crippen LogP) is 1.05. The first-order chi connectivity index (χ1) is 8.65. The molecule has 8 heteroatoms. The van der Waals surface area contributed by atoms with Crippen LogP contribution < -0.4 is 5.73 Å². The summed E-state index contributed by atoms with van der Waals surface area (Å²) in [5, 5.41) is 21.3. The van der Waals surface area contributed by atoms with Gasteiger partial charge in [-0.05, 0) is 17.9 Å². The first-order valence-corrected chi connectivity index (χ1v) is 6.16. The number of carboxylic acids is 1. The lowest BCUT2D eigenvalue weighted by Crippen LogP contribution is -2.07. The largest absolute Gasteiger partial charge is 0.477 e. The van der Waals surface area contributed by atoms with Crippen molar-refractivity contribution < 1.29 is 9.90 Å². The third-order valence-electron chi connectivity index (χ3n) is 2.16. The van der Waals surface area contributed by atoms with E-state index in [1.54, 1.807) is 12.1 Å². The molecule has 0 aliphatic carbocycles. The molecule has 2 heterocycles. The van der Waals surface area contributed by atoms with Crippen molar-refractivity contribution in [3.05, 3.63) is 23.9 Å². The fraction of sp³-hybridized carbons (Fsp3) is 0.200. The highest BCUT2D eigenvalue weighted by Crippen LogP contribution is 2.27. The molecule has 0 radical (unpaired) electrons. The van der Waals surface area contributed by atoms with E-state index in [0.29, 0.717) is 16.6 Å². The van der Waals surface area contributed by atoms with Crippen molar-refractivity contribution in [1.29, 1.82) is 0 Å². The fourth-order valence-corrected chi connectivity index (χ4v) is 2.18. The van der Waals surface area contributed by atoms with Crippen LogP contribution in [0.3, 0.4) is 0 Å². The van der Waals surface area contributed by atoms with Gasteiger partial charge < -0.3 is 10.8 Å². The van der Waals surface area contributed by atoms with Gasteiger partial charge in [-0.25, -0.2) is 4.79 Å². The summed E-state index contributed by atoms with van der Waals surface area (Å²) in [5.41, 5.74) is 5.81. The number of aromatic nitrogens is 4. The van der Waals surface area contributed by atoms with Crippen LogP contribution in [0.1, 0.15) is 17.3 Å². The maximum absolute atomic E-state index is 11.2. The van der Waals surface area contributed by atoms with Crippen LogP contribution in [0.4, 0.5) is 5.82 Å². The summed E-state index contributed by atoms with van der Waals surface area (Å²) in [6.07, 6.45) is 1.52. The molecule has 0 atom stereocenters. The second-order valence-electron chi connectivity index (χ2n) is 3.30. The number of nitrogen functional groups attached to an aromatic ring is 1. The lowest BCUT2D eigenvalue weighted by Gasteiger charge is -2.00.